The first-order valence-electron chi connectivity index (χ1n) is 9.37. The summed E-state index contributed by atoms with van der Waals surface area (Å²) in [6, 6.07) is 2.63. The van der Waals surface area contributed by atoms with Gasteiger partial charge in [0.2, 0.25) is 5.89 Å². The normalized spacial score (nSPS) is 23.0. The maximum absolute atomic E-state index is 12.6. The van der Waals surface area contributed by atoms with Crippen molar-refractivity contribution in [3.63, 3.8) is 0 Å². The molecule has 0 aromatic carbocycles. The Morgan fingerprint density at radius 3 is 2.67 bits per heavy atom. The SMILES string of the molecule is CC1CC1c1noc(CC2CCN(C(=O)c3ccc(C(F)F)nc3)CC2)n1. The molecule has 3 heterocycles. The molecule has 2 aromatic rings. The number of carbonyl (C=O) groups is 1. The van der Waals surface area contributed by atoms with E-state index in [9.17, 15) is 13.6 Å². The van der Waals surface area contributed by atoms with Crippen LogP contribution in [0.15, 0.2) is 22.9 Å². The number of halogens is 2. The molecular formula is C19H22F2N4O2. The standard InChI is InChI=1S/C19H22F2N4O2/c1-11-8-14(11)18-23-16(27-24-18)9-12-4-6-25(7-5-12)19(26)13-2-3-15(17(20)21)22-10-13/h2-3,10-12,14,17H,4-9H2,1H3. The molecule has 2 fully saturated rings. The molecule has 2 aliphatic rings. The van der Waals surface area contributed by atoms with Crippen LogP contribution < -0.4 is 0 Å². The number of hydrogen-bond donors (Lipinski definition) is 0. The number of pyridine rings is 1. The minimum absolute atomic E-state index is 0.162. The van der Waals surface area contributed by atoms with Gasteiger partial charge in [-0.3, -0.25) is 9.78 Å². The lowest BCUT2D eigenvalue weighted by molar-refractivity contribution is 0.0686. The van der Waals surface area contributed by atoms with Gasteiger partial charge < -0.3 is 9.42 Å². The zero-order chi connectivity index (χ0) is 19.0. The van der Waals surface area contributed by atoms with E-state index < -0.39 is 6.43 Å². The van der Waals surface area contributed by atoms with Gasteiger partial charge in [0.25, 0.3) is 12.3 Å². The lowest BCUT2D eigenvalue weighted by atomic mass is 9.93. The predicted molar refractivity (Wildman–Crippen MR) is 92.3 cm³/mol. The number of alkyl halides is 2. The molecule has 0 radical (unpaired) electrons. The van der Waals surface area contributed by atoms with Gasteiger partial charge in [-0.15, -0.1) is 0 Å². The molecule has 2 atom stereocenters. The van der Waals surface area contributed by atoms with Crippen molar-refractivity contribution in [2.45, 2.75) is 45.0 Å². The number of likely N-dealkylation sites (tertiary alicyclic amines) is 1. The number of hydrogen-bond acceptors (Lipinski definition) is 5. The Kier molecular flexibility index (Phi) is 4.88. The summed E-state index contributed by atoms with van der Waals surface area (Å²) in [7, 11) is 0. The van der Waals surface area contributed by atoms with Gasteiger partial charge in [-0.2, -0.15) is 4.98 Å². The topological polar surface area (TPSA) is 72.1 Å². The first-order chi connectivity index (χ1) is 13.0. The highest BCUT2D eigenvalue weighted by molar-refractivity contribution is 5.94. The number of amides is 1. The van der Waals surface area contributed by atoms with Crippen molar-refractivity contribution < 1.29 is 18.1 Å². The van der Waals surface area contributed by atoms with Crippen LogP contribution in [-0.4, -0.2) is 39.0 Å². The first kappa shape index (κ1) is 18.0. The molecule has 27 heavy (non-hydrogen) atoms. The smallest absolute Gasteiger partial charge is 0.280 e. The van der Waals surface area contributed by atoms with Crippen molar-refractivity contribution in [2.75, 3.05) is 13.1 Å². The quantitative estimate of drug-likeness (QED) is 0.797. The van der Waals surface area contributed by atoms with Crippen molar-refractivity contribution in [2.24, 2.45) is 11.8 Å². The van der Waals surface area contributed by atoms with E-state index in [4.69, 9.17) is 4.52 Å². The molecule has 8 heteroatoms. The summed E-state index contributed by atoms with van der Waals surface area (Å²) in [5, 5.41) is 4.09. The van der Waals surface area contributed by atoms with E-state index in [0.29, 0.717) is 42.3 Å². The fraction of sp³-hybridized carbons (Fsp3) is 0.579. The van der Waals surface area contributed by atoms with Crippen LogP contribution in [0.5, 0.6) is 0 Å². The van der Waals surface area contributed by atoms with Gasteiger partial charge in [0.05, 0.1) is 5.56 Å². The van der Waals surface area contributed by atoms with E-state index in [1.54, 1.807) is 4.90 Å². The van der Waals surface area contributed by atoms with E-state index in [1.165, 1.54) is 18.3 Å². The number of carbonyl (C=O) groups excluding carboxylic acids is 1. The van der Waals surface area contributed by atoms with E-state index in [-0.39, 0.29) is 11.6 Å². The Hall–Kier alpha value is -2.38. The fourth-order valence-electron chi connectivity index (χ4n) is 3.61. The fourth-order valence-corrected chi connectivity index (χ4v) is 3.61. The molecule has 1 saturated heterocycles. The second-order valence-electron chi connectivity index (χ2n) is 7.58. The van der Waals surface area contributed by atoms with Crippen LogP contribution in [0.3, 0.4) is 0 Å². The number of nitrogens with zero attached hydrogens (tertiary/aromatic N) is 4. The largest absolute Gasteiger partial charge is 0.339 e. The van der Waals surface area contributed by atoms with Crippen LogP contribution in [0, 0.1) is 11.8 Å². The van der Waals surface area contributed by atoms with Crippen molar-refractivity contribution in [3.8, 4) is 0 Å². The van der Waals surface area contributed by atoms with Crippen LogP contribution in [0.2, 0.25) is 0 Å². The highest BCUT2D eigenvalue weighted by atomic mass is 19.3. The van der Waals surface area contributed by atoms with E-state index in [1.807, 2.05) is 0 Å². The molecule has 0 bridgehead atoms. The number of rotatable bonds is 5. The van der Waals surface area contributed by atoms with E-state index in [2.05, 4.69) is 22.0 Å². The summed E-state index contributed by atoms with van der Waals surface area (Å²) in [6.07, 6.45) is 2.18. The van der Waals surface area contributed by atoms with E-state index in [0.717, 1.165) is 31.5 Å². The molecular weight excluding hydrogens is 354 g/mol. The Morgan fingerprint density at radius 2 is 2.07 bits per heavy atom. The highest BCUT2D eigenvalue weighted by Gasteiger charge is 2.38. The van der Waals surface area contributed by atoms with Crippen molar-refractivity contribution in [1.82, 2.24) is 20.0 Å². The summed E-state index contributed by atoms with van der Waals surface area (Å²) in [5.74, 6) is 2.84. The van der Waals surface area contributed by atoms with Crippen LogP contribution in [-0.2, 0) is 6.42 Å². The molecule has 2 aromatic heterocycles. The predicted octanol–water partition coefficient (Wildman–Crippen LogP) is 3.62. The van der Waals surface area contributed by atoms with E-state index >= 15 is 0 Å². The summed E-state index contributed by atoms with van der Waals surface area (Å²) in [4.78, 5) is 22.4. The minimum Gasteiger partial charge on any atom is -0.339 e. The summed E-state index contributed by atoms with van der Waals surface area (Å²) in [6.45, 7) is 3.44. The van der Waals surface area contributed by atoms with Crippen LogP contribution >= 0.6 is 0 Å². The maximum Gasteiger partial charge on any atom is 0.280 e. The molecule has 2 unspecified atom stereocenters. The Labute approximate surface area is 156 Å². The maximum atomic E-state index is 12.6. The molecule has 0 N–H and O–H groups in total. The van der Waals surface area contributed by atoms with Crippen molar-refractivity contribution in [3.05, 3.63) is 41.3 Å². The Morgan fingerprint density at radius 1 is 1.33 bits per heavy atom. The summed E-state index contributed by atoms with van der Waals surface area (Å²) >= 11 is 0. The van der Waals surface area contributed by atoms with Gasteiger partial charge in [0.15, 0.2) is 5.82 Å². The highest BCUT2D eigenvalue weighted by Crippen LogP contribution is 2.45. The average Bonchev–Trinajstić information content (AvgIpc) is 3.23. The second kappa shape index (κ2) is 7.32. The van der Waals surface area contributed by atoms with Gasteiger partial charge in [0, 0.05) is 31.6 Å². The Balaban J connectivity index is 1.29. The number of piperidine rings is 1. The monoisotopic (exact) mass is 376 g/mol. The molecule has 0 spiro atoms. The van der Waals surface area contributed by atoms with Gasteiger partial charge in [-0.05, 0) is 43.2 Å². The minimum atomic E-state index is -2.63. The van der Waals surface area contributed by atoms with Crippen LogP contribution in [0.25, 0.3) is 0 Å². The lowest BCUT2D eigenvalue weighted by Crippen LogP contribution is -2.39. The average molecular weight is 376 g/mol. The molecule has 1 aliphatic heterocycles. The third-order valence-corrected chi connectivity index (χ3v) is 5.55. The zero-order valence-electron chi connectivity index (χ0n) is 15.1. The molecule has 4 rings (SSSR count). The second-order valence-corrected chi connectivity index (χ2v) is 7.58. The van der Waals surface area contributed by atoms with Gasteiger partial charge in [0.1, 0.15) is 5.69 Å². The zero-order valence-corrected chi connectivity index (χ0v) is 15.1. The molecule has 1 amide bonds. The third kappa shape index (κ3) is 3.99. The van der Waals surface area contributed by atoms with Gasteiger partial charge in [-0.25, -0.2) is 8.78 Å². The lowest BCUT2D eigenvalue weighted by Gasteiger charge is -2.31. The molecule has 144 valence electrons. The van der Waals surface area contributed by atoms with Gasteiger partial charge >= 0.3 is 0 Å². The third-order valence-electron chi connectivity index (χ3n) is 5.55. The Bertz CT molecular complexity index is 800. The van der Waals surface area contributed by atoms with Crippen LogP contribution in [0.1, 0.15) is 66.3 Å². The molecule has 1 aliphatic carbocycles. The molecule has 1 saturated carbocycles. The van der Waals surface area contributed by atoms with Gasteiger partial charge in [-0.1, -0.05) is 12.1 Å². The van der Waals surface area contributed by atoms with Crippen molar-refractivity contribution >= 4 is 5.91 Å². The summed E-state index contributed by atoms with van der Waals surface area (Å²) in [5.41, 5.74) is 0.0303. The first-order valence-corrected chi connectivity index (χ1v) is 9.37. The van der Waals surface area contributed by atoms with Crippen molar-refractivity contribution in [1.29, 1.82) is 0 Å². The molecule has 6 nitrogen and oxygen atoms in total. The summed E-state index contributed by atoms with van der Waals surface area (Å²) < 4.78 is 30.5. The number of aromatic nitrogens is 3. The van der Waals surface area contributed by atoms with Crippen LogP contribution in [0.4, 0.5) is 8.78 Å².